The molecule has 1 aromatic carbocycles. The van der Waals surface area contributed by atoms with Crippen molar-refractivity contribution >= 4 is 11.6 Å². The number of nitrogens with zero attached hydrogens (tertiary/aromatic N) is 4. The van der Waals surface area contributed by atoms with Crippen LogP contribution < -0.4 is 15.0 Å². The van der Waals surface area contributed by atoms with Crippen LogP contribution in [0.25, 0.3) is 0 Å². The number of carbonyl (C=O) groups is 1. The first kappa shape index (κ1) is 28.9. The quantitative estimate of drug-likeness (QED) is 0.538. The van der Waals surface area contributed by atoms with E-state index in [2.05, 4.69) is 40.9 Å². The van der Waals surface area contributed by atoms with Gasteiger partial charge >= 0.3 is 0 Å². The number of aliphatic hydroxyl groups is 1. The molecule has 2 aromatic rings. The lowest BCUT2D eigenvalue weighted by atomic mass is 10.0. The SMILES string of the molecule is C[C@@H]1CN(CC(=O)N2c3cc(Cc4ccc(F)cc4)c(CO)nc3OC[C@@H]2C)[C@@H](CN2[C@H](C)COC[C@H]2C)CN1. The molecule has 0 saturated carbocycles. The second kappa shape index (κ2) is 12.5. The van der Waals surface area contributed by atoms with Crippen molar-refractivity contribution < 1.29 is 23.8 Å². The number of fused-ring (bicyclic) bond motifs is 1. The van der Waals surface area contributed by atoms with Crippen molar-refractivity contribution in [3.63, 3.8) is 0 Å². The molecule has 2 fully saturated rings. The molecular formula is C30H42FN5O4. The highest BCUT2D eigenvalue weighted by Crippen LogP contribution is 2.35. The molecule has 2 N–H and O–H groups in total. The van der Waals surface area contributed by atoms with E-state index in [1.54, 1.807) is 12.1 Å². The molecule has 3 aliphatic rings. The summed E-state index contributed by atoms with van der Waals surface area (Å²) in [4.78, 5) is 25.3. The number of halogens is 1. The molecule has 10 heteroatoms. The molecule has 9 nitrogen and oxygen atoms in total. The first-order valence-electron chi connectivity index (χ1n) is 14.4. The van der Waals surface area contributed by atoms with Gasteiger partial charge in [0, 0.05) is 43.8 Å². The van der Waals surface area contributed by atoms with E-state index in [0.717, 1.165) is 44.0 Å². The van der Waals surface area contributed by atoms with Gasteiger partial charge < -0.3 is 24.8 Å². The van der Waals surface area contributed by atoms with Gasteiger partial charge in [-0.2, -0.15) is 0 Å². The van der Waals surface area contributed by atoms with Crippen molar-refractivity contribution in [3.8, 4) is 5.88 Å². The summed E-state index contributed by atoms with van der Waals surface area (Å²) in [6.07, 6.45) is 0.458. The van der Waals surface area contributed by atoms with Gasteiger partial charge in [-0.05, 0) is 63.4 Å². The fourth-order valence-electron chi connectivity index (χ4n) is 6.14. The number of anilines is 1. The fraction of sp³-hybridized carbons (Fsp3) is 0.600. The Morgan fingerprint density at radius 1 is 1.10 bits per heavy atom. The van der Waals surface area contributed by atoms with Crippen LogP contribution in [0.4, 0.5) is 10.1 Å². The molecule has 0 unspecified atom stereocenters. The van der Waals surface area contributed by atoms with Crippen LogP contribution in [0.1, 0.15) is 44.5 Å². The van der Waals surface area contributed by atoms with Crippen LogP contribution in [-0.2, 0) is 22.6 Å². The van der Waals surface area contributed by atoms with Crippen LogP contribution in [-0.4, -0.2) is 102 Å². The molecule has 2 saturated heterocycles. The highest BCUT2D eigenvalue weighted by Gasteiger charge is 2.37. The zero-order chi connectivity index (χ0) is 28.4. The Kier molecular flexibility index (Phi) is 9.01. The molecule has 0 radical (unpaired) electrons. The smallest absolute Gasteiger partial charge is 0.241 e. The van der Waals surface area contributed by atoms with Gasteiger partial charge in [0.25, 0.3) is 0 Å². The number of hydrogen-bond donors (Lipinski definition) is 2. The number of piperazine rings is 1. The lowest BCUT2D eigenvalue weighted by molar-refractivity contribution is -0.122. The highest BCUT2D eigenvalue weighted by molar-refractivity contribution is 5.97. The average Bonchev–Trinajstić information content (AvgIpc) is 2.92. The summed E-state index contributed by atoms with van der Waals surface area (Å²) >= 11 is 0. The van der Waals surface area contributed by atoms with Crippen molar-refractivity contribution in [1.29, 1.82) is 0 Å². The van der Waals surface area contributed by atoms with Crippen LogP contribution in [0.5, 0.6) is 5.88 Å². The van der Waals surface area contributed by atoms with Gasteiger partial charge in [0.15, 0.2) is 0 Å². The van der Waals surface area contributed by atoms with E-state index in [9.17, 15) is 14.3 Å². The van der Waals surface area contributed by atoms with Crippen LogP contribution in [0.3, 0.4) is 0 Å². The molecular weight excluding hydrogens is 513 g/mol. The number of hydrogen-bond acceptors (Lipinski definition) is 8. The van der Waals surface area contributed by atoms with E-state index >= 15 is 0 Å². The lowest BCUT2D eigenvalue weighted by Crippen LogP contribution is -2.63. The van der Waals surface area contributed by atoms with Crippen molar-refractivity contribution in [2.75, 3.05) is 50.9 Å². The molecule has 0 aliphatic carbocycles. The molecule has 5 rings (SSSR count). The Labute approximate surface area is 236 Å². The summed E-state index contributed by atoms with van der Waals surface area (Å²) < 4.78 is 25.1. The third-order valence-electron chi connectivity index (χ3n) is 8.36. The number of carbonyl (C=O) groups excluding carboxylic acids is 1. The van der Waals surface area contributed by atoms with Gasteiger partial charge in [-0.3, -0.25) is 14.6 Å². The summed E-state index contributed by atoms with van der Waals surface area (Å²) in [5.41, 5.74) is 2.79. The summed E-state index contributed by atoms with van der Waals surface area (Å²) in [6, 6.07) is 9.17. The normalized spacial score (nSPS) is 27.8. The number of benzene rings is 1. The number of rotatable bonds is 7. The summed E-state index contributed by atoms with van der Waals surface area (Å²) in [5.74, 6) is 0.0665. The lowest BCUT2D eigenvalue weighted by Gasteiger charge is -2.46. The first-order valence-corrected chi connectivity index (χ1v) is 14.4. The summed E-state index contributed by atoms with van der Waals surface area (Å²) in [7, 11) is 0. The Balaban J connectivity index is 1.38. The molecule has 5 atom stereocenters. The van der Waals surface area contributed by atoms with E-state index in [4.69, 9.17) is 9.47 Å². The number of aliphatic hydroxyl groups excluding tert-OH is 1. The van der Waals surface area contributed by atoms with Crippen molar-refractivity contribution in [2.45, 2.75) is 70.9 Å². The molecule has 40 heavy (non-hydrogen) atoms. The zero-order valence-corrected chi connectivity index (χ0v) is 24.0. The minimum absolute atomic E-state index is 0.00510. The van der Waals surface area contributed by atoms with E-state index < -0.39 is 0 Å². The molecule has 0 bridgehead atoms. The van der Waals surface area contributed by atoms with Crippen LogP contribution in [0.15, 0.2) is 30.3 Å². The standard InChI is InChI=1S/C30H42FN5O4/c1-19-12-34(26(11-32-19)13-35-20(2)16-39-17-21(35)3)14-29(38)36-22(4)18-40-30-28(36)10-24(27(15-37)33-30)9-23-5-7-25(31)8-6-23/h5-8,10,19-22,26,32,37H,9,11-18H2,1-4H3/t19-,20-,21-,22+,26-/m1/s1. The van der Waals surface area contributed by atoms with Crippen molar-refractivity contribution in [3.05, 3.63) is 53.0 Å². The van der Waals surface area contributed by atoms with E-state index in [0.29, 0.717) is 48.9 Å². The minimum atomic E-state index is -0.299. The summed E-state index contributed by atoms with van der Waals surface area (Å²) in [6.45, 7) is 12.8. The van der Waals surface area contributed by atoms with Gasteiger partial charge in [0.2, 0.25) is 11.8 Å². The van der Waals surface area contributed by atoms with E-state index in [1.807, 2.05) is 17.9 Å². The topological polar surface area (TPSA) is 90.4 Å². The highest BCUT2D eigenvalue weighted by atomic mass is 19.1. The number of ether oxygens (including phenoxy) is 2. The van der Waals surface area contributed by atoms with Gasteiger partial charge in [0.05, 0.1) is 38.1 Å². The Morgan fingerprint density at radius 2 is 1.82 bits per heavy atom. The van der Waals surface area contributed by atoms with Gasteiger partial charge in [0.1, 0.15) is 18.1 Å². The predicted molar refractivity (Wildman–Crippen MR) is 151 cm³/mol. The zero-order valence-electron chi connectivity index (χ0n) is 24.0. The Hall–Kier alpha value is -2.63. The van der Waals surface area contributed by atoms with Crippen molar-refractivity contribution in [1.82, 2.24) is 20.1 Å². The maximum absolute atomic E-state index is 14.0. The Bertz CT molecular complexity index is 1170. The second-order valence-electron chi connectivity index (χ2n) is 11.6. The molecule has 1 amide bonds. The van der Waals surface area contributed by atoms with Crippen LogP contribution >= 0.6 is 0 Å². The molecule has 3 aliphatic heterocycles. The van der Waals surface area contributed by atoms with Gasteiger partial charge in [-0.15, -0.1) is 0 Å². The van der Waals surface area contributed by atoms with Crippen LogP contribution in [0, 0.1) is 5.82 Å². The van der Waals surface area contributed by atoms with Gasteiger partial charge in [-0.25, -0.2) is 9.37 Å². The maximum Gasteiger partial charge on any atom is 0.241 e. The molecule has 1 aromatic heterocycles. The number of aromatic nitrogens is 1. The Morgan fingerprint density at radius 3 is 2.52 bits per heavy atom. The van der Waals surface area contributed by atoms with Crippen molar-refractivity contribution in [2.24, 2.45) is 0 Å². The number of nitrogens with one attached hydrogen (secondary N) is 1. The number of amides is 1. The van der Waals surface area contributed by atoms with Gasteiger partial charge in [-0.1, -0.05) is 12.1 Å². The monoisotopic (exact) mass is 555 g/mol. The number of pyridine rings is 1. The third-order valence-corrected chi connectivity index (χ3v) is 8.36. The minimum Gasteiger partial charge on any atom is -0.474 e. The maximum atomic E-state index is 14.0. The number of morpholine rings is 1. The first-order chi connectivity index (χ1) is 19.2. The largest absolute Gasteiger partial charge is 0.474 e. The van der Waals surface area contributed by atoms with Crippen LogP contribution in [0.2, 0.25) is 0 Å². The predicted octanol–water partition coefficient (Wildman–Crippen LogP) is 2.19. The summed E-state index contributed by atoms with van der Waals surface area (Å²) in [5, 5.41) is 13.6. The second-order valence-corrected chi connectivity index (χ2v) is 11.6. The molecule has 218 valence electrons. The molecule has 4 heterocycles. The molecule has 0 spiro atoms. The third kappa shape index (κ3) is 6.31. The fourth-order valence-corrected chi connectivity index (χ4v) is 6.14. The van der Waals surface area contributed by atoms with E-state index in [-0.39, 0.29) is 36.5 Å². The average molecular weight is 556 g/mol. The van der Waals surface area contributed by atoms with E-state index in [1.165, 1.54) is 12.1 Å².